The summed E-state index contributed by atoms with van der Waals surface area (Å²) in [5.74, 6) is 0.0735. The number of nitrogens with zero attached hydrogens (tertiary/aromatic N) is 1. The summed E-state index contributed by atoms with van der Waals surface area (Å²) in [6.07, 6.45) is 4.01. The van der Waals surface area contributed by atoms with Crippen LogP contribution in [0, 0.1) is 5.92 Å². The lowest BCUT2D eigenvalue weighted by atomic mass is 9.87. The topological polar surface area (TPSA) is 52.6 Å². The van der Waals surface area contributed by atoms with Crippen molar-refractivity contribution in [1.82, 2.24) is 10.2 Å². The van der Waals surface area contributed by atoms with Crippen LogP contribution in [0.2, 0.25) is 0 Å². The average Bonchev–Trinajstić information content (AvgIpc) is 3.10. The Bertz CT molecular complexity index is 256. The highest BCUT2D eigenvalue weighted by Crippen LogP contribution is 2.30. The molecule has 1 saturated carbocycles. The largest absolute Gasteiger partial charge is 0.480 e. The second-order valence-corrected chi connectivity index (χ2v) is 5.15. The van der Waals surface area contributed by atoms with Gasteiger partial charge in [0.2, 0.25) is 0 Å². The summed E-state index contributed by atoms with van der Waals surface area (Å²) < 4.78 is 0. The van der Waals surface area contributed by atoms with E-state index in [4.69, 9.17) is 0 Å². The highest BCUT2D eigenvalue weighted by molar-refractivity contribution is 5.79. The number of piperidine rings is 1. The van der Waals surface area contributed by atoms with Crippen molar-refractivity contribution in [1.29, 1.82) is 0 Å². The number of carboxylic acid groups (broad SMARTS) is 1. The van der Waals surface area contributed by atoms with E-state index in [0.29, 0.717) is 0 Å². The summed E-state index contributed by atoms with van der Waals surface area (Å²) in [4.78, 5) is 13.7. The van der Waals surface area contributed by atoms with Crippen LogP contribution in [0.5, 0.6) is 0 Å². The molecule has 2 N–H and O–H groups in total. The highest BCUT2D eigenvalue weighted by atomic mass is 16.4. The van der Waals surface area contributed by atoms with E-state index in [9.17, 15) is 9.90 Å². The fourth-order valence-electron chi connectivity index (χ4n) is 2.38. The molecule has 16 heavy (non-hydrogen) atoms. The second-order valence-electron chi connectivity index (χ2n) is 5.15. The predicted octanol–water partition coefficient (Wildman–Crippen LogP) is 0.925. The van der Waals surface area contributed by atoms with Crippen LogP contribution < -0.4 is 5.32 Å². The molecule has 2 rings (SSSR count). The van der Waals surface area contributed by atoms with Crippen molar-refractivity contribution >= 4 is 5.97 Å². The SMILES string of the molecule is CCN1CCC(NCC2CC2)(C(=O)O)CC1. The molecule has 2 fully saturated rings. The maximum Gasteiger partial charge on any atom is 0.323 e. The zero-order valence-corrected chi connectivity index (χ0v) is 10.0. The number of aliphatic carboxylic acids is 1. The lowest BCUT2D eigenvalue weighted by Crippen LogP contribution is -2.58. The number of carboxylic acids is 1. The maximum atomic E-state index is 11.4. The molecular weight excluding hydrogens is 204 g/mol. The first kappa shape index (κ1) is 11.9. The summed E-state index contributed by atoms with van der Waals surface area (Å²) in [5.41, 5.74) is -0.645. The summed E-state index contributed by atoms with van der Waals surface area (Å²) in [5, 5.41) is 12.7. The Labute approximate surface area is 97.0 Å². The van der Waals surface area contributed by atoms with Gasteiger partial charge in [-0.2, -0.15) is 0 Å². The van der Waals surface area contributed by atoms with Crippen molar-refractivity contribution in [3.8, 4) is 0 Å². The van der Waals surface area contributed by atoms with Crippen LogP contribution in [-0.4, -0.2) is 47.7 Å². The Morgan fingerprint density at radius 3 is 2.50 bits per heavy atom. The first-order chi connectivity index (χ1) is 7.66. The van der Waals surface area contributed by atoms with Crippen LogP contribution in [0.4, 0.5) is 0 Å². The van der Waals surface area contributed by atoms with Gasteiger partial charge in [0.05, 0.1) is 0 Å². The standard InChI is InChI=1S/C12H22N2O2/c1-2-14-7-5-12(6-8-14,11(15)16)13-9-10-3-4-10/h10,13H,2-9H2,1H3,(H,15,16). The van der Waals surface area contributed by atoms with E-state index >= 15 is 0 Å². The van der Waals surface area contributed by atoms with E-state index in [1.54, 1.807) is 0 Å². The summed E-state index contributed by atoms with van der Waals surface area (Å²) >= 11 is 0. The third kappa shape index (κ3) is 2.55. The third-order valence-corrected chi connectivity index (χ3v) is 3.99. The van der Waals surface area contributed by atoms with E-state index in [0.717, 1.165) is 44.9 Å². The van der Waals surface area contributed by atoms with Crippen molar-refractivity contribution in [2.75, 3.05) is 26.2 Å². The number of carbonyl (C=O) groups is 1. The fraction of sp³-hybridized carbons (Fsp3) is 0.917. The van der Waals surface area contributed by atoms with Gasteiger partial charge in [0.1, 0.15) is 5.54 Å². The van der Waals surface area contributed by atoms with Gasteiger partial charge < -0.3 is 15.3 Å². The molecule has 1 aliphatic heterocycles. The summed E-state index contributed by atoms with van der Waals surface area (Å²) in [6, 6.07) is 0. The molecule has 92 valence electrons. The lowest BCUT2D eigenvalue weighted by Gasteiger charge is -2.39. The molecule has 2 aliphatic rings. The predicted molar refractivity (Wildman–Crippen MR) is 62.4 cm³/mol. The number of rotatable bonds is 5. The molecule has 4 heteroatoms. The first-order valence-corrected chi connectivity index (χ1v) is 6.37. The minimum absolute atomic E-state index is 0.645. The molecular formula is C12H22N2O2. The van der Waals surface area contributed by atoms with Crippen LogP contribution >= 0.6 is 0 Å². The van der Waals surface area contributed by atoms with Crippen molar-refractivity contribution in [2.45, 2.75) is 38.1 Å². The van der Waals surface area contributed by atoms with Crippen LogP contribution in [0.15, 0.2) is 0 Å². The maximum absolute atomic E-state index is 11.4. The number of hydrogen-bond donors (Lipinski definition) is 2. The van der Waals surface area contributed by atoms with Gasteiger partial charge in [-0.15, -0.1) is 0 Å². The van der Waals surface area contributed by atoms with Gasteiger partial charge in [-0.25, -0.2) is 0 Å². The van der Waals surface area contributed by atoms with Gasteiger partial charge in [0.15, 0.2) is 0 Å². The molecule has 0 aromatic heterocycles. The van der Waals surface area contributed by atoms with Gasteiger partial charge in [0, 0.05) is 13.1 Å². The van der Waals surface area contributed by atoms with Crippen molar-refractivity contribution in [3.63, 3.8) is 0 Å². The van der Waals surface area contributed by atoms with Crippen LogP contribution in [0.3, 0.4) is 0 Å². The van der Waals surface area contributed by atoms with Gasteiger partial charge >= 0.3 is 5.97 Å². The fourth-order valence-corrected chi connectivity index (χ4v) is 2.38. The first-order valence-electron chi connectivity index (χ1n) is 6.37. The van der Waals surface area contributed by atoms with Crippen molar-refractivity contribution < 1.29 is 9.90 Å². The molecule has 0 aromatic carbocycles. The Hall–Kier alpha value is -0.610. The minimum atomic E-state index is -0.663. The molecule has 0 aromatic rings. The lowest BCUT2D eigenvalue weighted by molar-refractivity contribution is -0.147. The average molecular weight is 226 g/mol. The van der Waals surface area contributed by atoms with Crippen molar-refractivity contribution in [2.24, 2.45) is 5.92 Å². The minimum Gasteiger partial charge on any atom is -0.480 e. The normalized spacial score (nSPS) is 25.6. The third-order valence-electron chi connectivity index (χ3n) is 3.99. The molecule has 4 nitrogen and oxygen atoms in total. The smallest absolute Gasteiger partial charge is 0.323 e. The van der Waals surface area contributed by atoms with Crippen LogP contribution in [-0.2, 0) is 4.79 Å². The van der Waals surface area contributed by atoms with E-state index in [1.165, 1.54) is 12.8 Å². The van der Waals surface area contributed by atoms with Crippen LogP contribution in [0.25, 0.3) is 0 Å². The molecule has 1 saturated heterocycles. The zero-order chi connectivity index (χ0) is 11.6. The van der Waals surface area contributed by atoms with E-state index in [-0.39, 0.29) is 0 Å². The van der Waals surface area contributed by atoms with E-state index in [2.05, 4.69) is 17.1 Å². The number of nitrogens with one attached hydrogen (secondary N) is 1. The Balaban J connectivity index is 1.90. The summed E-state index contributed by atoms with van der Waals surface area (Å²) in [6.45, 7) is 5.85. The van der Waals surface area contributed by atoms with Gasteiger partial charge in [-0.3, -0.25) is 4.79 Å². The molecule has 0 bridgehead atoms. The number of likely N-dealkylation sites (tertiary alicyclic amines) is 1. The van der Waals surface area contributed by atoms with Crippen LogP contribution in [0.1, 0.15) is 32.6 Å². The molecule has 0 radical (unpaired) electrons. The number of hydrogen-bond acceptors (Lipinski definition) is 3. The van der Waals surface area contributed by atoms with Gasteiger partial charge in [-0.05, 0) is 44.7 Å². The summed E-state index contributed by atoms with van der Waals surface area (Å²) in [7, 11) is 0. The van der Waals surface area contributed by atoms with Gasteiger partial charge in [0.25, 0.3) is 0 Å². The molecule has 0 atom stereocenters. The quantitative estimate of drug-likeness (QED) is 0.732. The van der Waals surface area contributed by atoms with Crippen molar-refractivity contribution in [3.05, 3.63) is 0 Å². The molecule has 0 amide bonds. The Morgan fingerprint density at radius 1 is 1.44 bits per heavy atom. The van der Waals surface area contributed by atoms with E-state index in [1.807, 2.05) is 0 Å². The highest BCUT2D eigenvalue weighted by Gasteiger charge is 2.41. The Morgan fingerprint density at radius 2 is 2.06 bits per heavy atom. The van der Waals surface area contributed by atoms with Gasteiger partial charge in [-0.1, -0.05) is 6.92 Å². The van der Waals surface area contributed by atoms with E-state index < -0.39 is 11.5 Å². The zero-order valence-electron chi connectivity index (χ0n) is 10.0. The Kier molecular flexibility index (Phi) is 3.50. The molecule has 1 heterocycles. The molecule has 0 unspecified atom stereocenters. The molecule has 1 aliphatic carbocycles. The second kappa shape index (κ2) is 4.72. The monoisotopic (exact) mass is 226 g/mol. The molecule has 0 spiro atoms.